The van der Waals surface area contributed by atoms with Crippen molar-refractivity contribution in [2.24, 2.45) is 4.99 Å². The molecular formula is C30H23BrClFN2O4S. The Morgan fingerprint density at radius 3 is 2.67 bits per heavy atom. The summed E-state index contributed by atoms with van der Waals surface area (Å²) in [5, 5.41) is 12.7. The molecule has 0 aliphatic carbocycles. The fourth-order valence-corrected chi connectivity index (χ4v) is 5.91. The van der Waals surface area contributed by atoms with Crippen LogP contribution in [-0.4, -0.2) is 34.4 Å². The van der Waals surface area contributed by atoms with Gasteiger partial charge in [0, 0.05) is 37.7 Å². The third-order valence-electron chi connectivity index (χ3n) is 6.22. The first kappa shape index (κ1) is 28.0. The Kier molecular flexibility index (Phi) is 8.35. The summed E-state index contributed by atoms with van der Waals surface area (Å²) in [6.07, 6.45) is 3.65. The highest BCUT2D eigenvalue weighted by Gasteiger charge is 2.33. The van der Waals surface area contributed by atoms with E-state index in [-0.39, 0.29) is 24.5 Å². The zero-order valence-corrected chi connectivity index (χ0v) is 24.6. The van der Waals surface area contributed by atoms with Crippen molar-refractivity contribution in [2.75, 3.05) is 13.7 Å². The van der Waals surface area contributed by atoms with Crippen LogP contribution in [0.4, 0.5) is 10.1 Å². The maximum Gasteiger partial charge on any atom is 0.344 e. The van der Waals surface area contributed by atoms with E-state index in [2.05, 4.69) is 20.9 Å². The lowest BCUT2D eigenvalue weighted by Gasteiger charge is -2.08. The minimum absolute atomic E-state index is 0.00280. The van der Waals surface area contributed by atoms with Crippen molar-refractivity contribution in [1.82, 2.24) is 4.57 Å². The van der Waals surface area contributed by atoms with Crippen LogP contribution in [-0.2, 0) is 16.1 Å². The molecule has 4 aromatic rings. The molecule has 1 aliphatic rings. The van der Waals surface area contributed by atoms with Crippen LogP contribution in [0.5, 0.6) is 5.75 Å². The number of rotatable bonds is 7. The lowest BCUT2D eigenvalue weighted by molar-refractivity contribution is -0.138. The molecule has 0 atom stereocenters. The molecule has 0 saturated carbocycles. The number of benzene rings is 3. The highest BCUT2D eigenvalue weighted by molar-refractivity contribution is 9.10. The van der Waals surface area contributed by atoms with Crippen LogP contribution in [0, 0.1) is 5.82 Å². The third kappa shape index (κ3) is 5.68. The van der Waals surface area contributed by atoms with E-state index in [0.29, 0.717) is 32.0 Å². The Labute approximate surface area is 247 Å². The van der Waals surface area contributed by atoms with Gasteiger partial charge in [-0.15, -0.1) is 0 Å². The van der Waals surface area contributed by atoms with Crippen molar-refractivity contribution in [2.45, 2.75) is 13.5 Å². The molecule has 2 heterocycles. The van der Waals surface area contributed by atoms with E-state index in [1.165, 1.54) is 6.07 Å². The first-order valence-electron chi connectivity index (χ1n) is 12.2. The minimum Gasteiger partial charge on any atom is -0.506 e. The number of aliphatic hydroxyl groups excluding tert-OH is 1. The summed E-state index contributed by atoms with van der Waals surface area (Å²) in [7, 11) is 1.57. The number of ether oxygens (including phenoxy) is 2. The Hall–Kier alpha value is -3.53. The number of fused-ring (bicyclic) bond motifs is 1. The molecule has 0 bridgehead atoms. The van der Waals surface area contributed by atoms with E-state index in [1.807, 2.05) is 29.0 Å². The second-order valence-electron chi connectivity index (χ2n) is 8.74. The van der Waals surface area contributed by atoms with Gasteiger partial charge >= 0.3 is 5.97 Å². The average Bonchev–Trinajstić information content (AvgIpc) is 3.42. The van der Waals surface area contributed by atoms with Gasteiger partial charge in [0.1, 0.15) is 27.9 Å². The molecule has 0 spiro atoms. The molecule has 204 valence electrons. The molecule has 1 aliphatic heterocycles. The number of esters is 1. The molecule has 3 aromatic carbocycles. The Balaban J connectivity index is 1.60. The van der Waals surface area contributed by atoms with Crippen LogP contribution in [0.25, 0.3) is 17.0 Å². The Morgan fingerprint density at radius 1 is 1.20 bits per heavy atom. The summed E-state index contributed by atoms with van der Waals surface area (Å²) < 4.78 is 27.8. The van der Waals surface area contributed by atoms with E-state index >= 15 is 0 Å². The molecule has 6 nitrogen and oxygen atoms in total. The van der Waals surface area contributed by atoms with Crippen LogP contribution in [0.2, 0.25) is 5.02 Å². The van der Waals surface area contributed by atoms with Crippen molar-refractivity contribution in [3.63, 3.8) is 0 Å². The monoisotopic (exact) mass is 640 g/mol. The second kappa shape index (κ2) is 11.9. The molecule has 1 N–H and O–H groups in total. The molecule has 0 amide bonds. The number of nitrogens with zero attached hydrogens (tertiary/aromatic N) is 2. The molecule has 0 fully saturated rings. The highest BCUT2D eigenvalue weighted by atomic mass is 79.9. The smallest absolute Gasteiger partial charge is 0.344 e. The molecular weight excluding hydrogens is 619 g/mol. The quantitative estimate of drug-likeness (QED) is 0.205. The van der Waals surface area contributed by atoms with Gasteiger partial charge in [-0.05, 0) is 67.6 Å². The summed E-state index contributed by atoms with van der Waals surface area (Å²) in [5.74, 6) is -0.602. The number of aliphatic imine (C=N–C) groups is 1. The van der Waals surface area contributed by atoms with Gasteiger partial charge in [0.15, 0.2) is 0 Å². The molecule has 0 saturated heterocycles. The lowest BCUT2D eigenvalue weighted by atomic mass is 10.1. The molecule has 0 unspecified atom stereocenters. The van der Waals surface area contributed by atoms with Gasteiger partial charge in [-0.3, -0.25) is 0 Å². The number of aromatic nitrogens is 1. The average molecular weight is 642 g/mol. The van der Waals surface area contributed by atoms with Crippen molar-refractivity contribution in [3.8, 4) is 5.75 Å². The van der Waals surface area contributed by atoms with Crippen LogP contribution in [0.3, 0.4) is 0 Å². The van der Waals surface area contributed by atoms with Crippen LogP contribution in [0.1, 0.15) is 18.1 Å². The standard InChI is InChI=1S/C30H23BrClFN2O4S/c1-3-39-30(37)27-28(36)26(40-29(27)34-19-8-10-20(38-2)11-9-19)13-17-15-35(25-12-7-18(31)14-21(17)25)16-22-23(32)5-4-6-24(22)33/h4-15,36H,3,16H2,1-2H3/b26-13-,34-29?. The molecule has 1 aromatic heterocycles. The van der Waals surface area contributed by atoms with Gasteiger partial charge < -0.3 is 19.1 Å². The van der Waals surface area contributed by atoms with E-state index in [0.717, 1.165) is 32.7 Å². The zero-order chi connectivity index (χ0) is 28.4. The topological polar surface area (TPSA) is 73.0 Å². The summed E-state index contributed by atoms with van der Waals surface area (Å²) in [6, 6.07) is 17.4. The number of hydrogen-bond donors (Lipinski definition) is 1. The lowest BCUT2D eigenvalue weighted by Crippen LogP contribution is -2.12. The van der Waals surface area contributed by atoms with Crippen LogP contribution >= 0.6 is 39.3 Å². The fourth-order valence-electron chi connectivity index (χ4n) is 4.30. The number of halogens is 3. The SMILES string of the molecule is CCOC(=O)C1=C(O)/C(=C/c2cn(Cc3c(F)cccc3Cl)c3ccc(Br)cc23)SC1=Nc1ccc(OC)cc1. The first-order valence-corrected chi connectivity index (χ1v) is 14.2. The minimum atomic E-state index is -0.664. The number of hydrogen-bond acceptors (Lipinski definition) is 6. The van der Waals surface area contributed by atoms with Crippen molar-refractivity contribution < 1.29 is 23.8 Å². The molecule has 5 rings (SSSR count). The van der Waals surface area contributed by atoms with Crippen LogP contribution in [0.15, 0.2) is 92.6 Å². The van der Waals surface area contributed by atoms with Crippen molar-refractivity contribution in [3.05, 3.63) is 110 Å². The van der Waals surface area contributed by atoms with E-state index in [1.54, 1.807) is 56.5 Å². The van der Waals surface area contributed by atoms with Gasteiger partial charge in [0.2, 0.25) is 0 Å². The largest absolute Gasteiger partial charge is 0.506 e. The molecule has 40 heavy (non-hydrogen) atoms. The summed E-state index contributed by atoms with van der Waals surface area (Å²) in [6.45, 7) is 2.05. The number of carbonyl (C=O) groups excluding carboxylic acids is 1. The number of thioether (sulfide) groups is 1. The van der Waals surface area contributed by atoms with Gasteiger partial charge in [-0.1, -0.05) is 45.4 Å². The highest BCUT2D eigenvalue weighted by Crippen LogP contribution is 2.41. The normalized spacial score (nSPS) is 15.4. The summed E-state index contributed by atoms with van der Waals surface area (Å²) >= 11 is 11.0. The molecule has 10 heteroatoms. The Morgan fingerprint density at radius 2 is 1.98 bits per heavy atom. The maximum atomic E-state index is 14.6. The Bertz CT molecular complexity index is 1690. The number of aliphatic hydroxyl groups is 1. The predicted octanol–water partition coefficient (Wildman–Crippen LogP) is 8.45. The van der Waals surface area contributed by atoms with Gasteiger partial charge in [-0.2, -0.15) is 0 Å². The fraction of sp³-hybridized carbons (Fsp3) is 0.133. The van der Waals surface area contributed by atoms with E-state index in [9.17, 15) is 14.3 Å². The van der Waals surface area contributed by atoms with Gasteiger partial charge in [0.05, 0.1) is 30.9 Å². The number of methoxy groups -OCH3 is 1. The number of carbonyl (C=O) groups is 1. The van der Waals surface area contributed by atoms with Crippen molar-refractivity contribution >= 4 is 73.0 Å². The van der Waals surface area contributed by atoms with E-state index in [4.69, 9.17) is 21.1 Å². The molecule has 0 radical (unpaired) electrons. The second-order valence-corrected chi connectivity index (χ2v) is 11.1. The zero-order valence-electron chi connectivity index (χ0n) is 21.5. The van der Waals surface area contributed by atoms with Crippen molar-refractivity contribution in [1.29, 1.82) is 0 Å². The predicted molar refractivity (Wildman–Crippen MR) is 162 cm³/mol. The third-order valence-corrected chi connectivity index (χ3v) is 8.09. The van der Waals surface area contributed by atoms with Gasteiger partial charge in [0.25, 0.3) is 0 Å². The van der Waals surface area contributed by atoms with Crippen LogP contribution < -0.4 is 4.74 Å². The van der Waals surface area contributed by atoms with E-state index < -0.39 is 11.8 Å². The van der Waals surface area contributed by atoms with Gasteiger partial charge in [-0.25, -0.2) is 14.2 Å². The summed E-state index contributed by atoms with van der Waals surface area (Å²) in [5.41, 5.74) is 2.56. The first-order chi connectivity index (χ1) is 19.3. The summed E-state index contributed by atoms with van der Waals surface area (Å²) in [4.78, 5) is 17.9. The maximum absolute atomic E-state index is 14.6.